The Bertz CT molecular complexity index is 520. The Kier molecular flexibility index (Phi) is 8.22. The number of esters is 1. The summed E-state index contributed by atoms with van der Waals surface area (Å²) in [4.78, 5) is 17.8. The second-order valence-corrected chi connectivity index (χ2v) is 4.91. The van der Waals surface area contributed by atoms with Gasteiger partial charge in [-0.25, -0.2) is 0 Å². The van der Waals surface area contributed by atoms with Crippen molar-refractivity contribution in [1.82, 2.24) is 5.32 Å². The van der Waals surface area contributed by atoms with E-state index in [0.717, 1.165) is 25.3 Å². The molecular weight excluding hydrogens is 393 g/mol. The Labute approximate surface area is 149 Å². The molecule has 2 rings (SSSR count). The number of guanidine groups is 1. The molecule has 1 N–H and O–H groups in total. The summed E-state index contributed by atoms with van der Waals surface area (Å²) in [6.45, 7) is 3.92. The molecule has 1 aromatic carbocycles. The minimum atomic E-state index is -0.138. The molecule has 0 atom stereocenters. The number of carbonyl (C=O) groups excluding carboxylic acids is 1. The first kappa shape index (κ1) is 18.7. The van der Waals surface area contributed by atoms with Crippen molar-refractivity contribution in [3.05, 3.63) is 29.8 Å². The topological polar surface area (TPSA) is 53.9 Å². The molecule has 122 valence electrons. The molecule has 22 heavy (non-hydrogen) atoms. The summed E-state index contributed by atoms with van der Waals surface area (Å²) in [7, 11) is 1.79. The molecule has 6 heteroatoms. The summed E-state index contributed by atoms with van der Waals surface area (Å²) < 4.78 is 4.91. The summed E-state index contributed by atoms with van der Waals surface area (Å²) >= 11 is 0. The van der Waals surface area contributed by atoms with Crippen molar-refractivity contribution in [3.63, 3.8) is 0 Å². The highest BCUT2D eigenvalue weighted by atomic mass is 127. The van der Waals surface area contributed by atoms with Crippen molar-refractivity contribution >= 4 is 41.6 Å². The number of hydrogen-bond acceptors (Lipinski definition) is 3. The molecule has 0 aliphatic carbocycles. The van der Waals surface area contributed by atoms with Crippen molar-refractivity contribution in [2.45, 2.75) is 26.2 Å². The number of nitrogens with one attached hydrogen (secondary N) is 1. The molecule has 0 saturated heterocycles. The summed E-state index contributed by atoms with van der Waals surface area (Å²) in [6.07, 6.45) is 2.22. The van der Waals surface area contributed by atoms with Crippen molar-refractivity contribution in [2.75, 3.05) is 31.6 Å². The molecule has 0 bridgehead atoms. The molecule has 5 nitrogen and oxygen atoms in total. The number of carbonyl (C=O) groups is 1. The van der Waals surface area contributed by atoms with Crippen LogP contribution in [0.25, 0.3) is 0 Å². The van der Waals surface area contributed by atoms with Gasteiger partial charge in [-0.3, -0.25) is 9.79 Å². The number of fused-ring (bicyclic) bond motifs is 1. The van der Waals surface area contributed by atoms with E-state index >= 15 is 0 Å². The van der Waals surface area contributed by atoms with Crippen LogP contribution in [0.5, 0.6) is 0 Å². The van der Waals surface area contributed by atoms with Crippen LogP contribution >= 0.6 is 24.0 Å². The zero-order valence-electron chi connectivity index (χ0n) is 13.2. The average molecular weight is 417 g/mol. The number of ether oxygens (including phenoxy) is 1. The minimum Gasteiger partial charge on any atom is -0.466 e. The fraction of sp³-hybridized carbons (Fsp3) is 0.500. The SMILES string of the molecule is CCOC(=O)CCCNC(=NC)N1CCc2ccccc21.I. The van der Waals surface area contributed by atoms with Crippen LogP contribution in [-0.4, -0.2) is 38.7 Å². The van der Waals surface area contributed by atoms with E-state index in [4.69, 9.17) is 4.74 Å². The third-order valence-electron chi connectivity index (χ3n) is 3.50. The number of rotatable bonds is 5. The van der Waals surface area contributed by atoms with Crippen LogP contribution in [0.15, 0.2) is 29.3 Å². The number of hydrogen-bond donors (Lipinski definition) is 1. The normalized spacial score (nSPS) is 13.4. The van der Waals surface area contributed by atoms with Gasteiger partial charge in [-0.1, -0.05) is 18.2 Å². The lowest BCUT2D eigenvalue weighted by molar-refractivity contribution is -0.143. The summed E-state index contributed by atoms with van der Waals surface area (Å²) in [5.41, 5.74) is 2.57. The molecule has 1 heterocycles. The van der Waals surface area contributed by atoms with Crippen LogP contribution in [0, 0.1) is 0 Å². The maximum atomic E-state index is 11.3. The lowest BCUT2D eigenvalue weighted by Crippen LogP contribution is -2.41. The van der Waals surface area contributed by atoms with E-state index in [-0.39, 0.29) is 29.9 Å². The van der Waals surface area contributed by atoms with Crippen LogP contribution < -0.4 is 10.2 Å². The van der Waals surface area contributed by atoms with Gasteiger partial charge in [0.2, 0.25) is 0 Å². The van der Waals surface area contributed by atoms with Gasteiger partial charge in [-0.05, 0) is 31.4 Å². The van der Waals surface area contributed by atoms with Gasteiger partial charge < -0.3 is 15.0 Å². The van der Waals surface area contributed by atoms with Gasteiger partial charge >= 0.3 is 5.97 Å². The summed E-state index contributed by atoms with van der Waals surface area (Å²) in [6, 6.07) is 8.39. The predicted molar refractivity (Wildman–Crippen MR) is 100 cm³/mol. The molecule has 0 unspecified atom stereocenters. The van der Waals surface area contributed by atoms with E-state index in [9.17, 15) is 4.79 Å². The van der Waals surface area contributed by atoms with Gasteiger partial charge in [0.15, 0.2) is 5.96 Å². The Morgan fingerprint density at radius 2 is 2.18 bits per heavy atom. The van der Waals surface area contributed by atoms with E-state index in [2.05, 4.69) is 33.4 Å². The molecule has 1 aliphatic heterocycles. The Balaban J connectivity index is 0.00000242. The smallest absolute Gasteiger partial charge is 0.305 e. The maximum absolute atomic E-state index is 11.3. The molecule has 0 amide bonds. The quantitative estimate of drug-likeness (QED) is 0.263. The summed E-state index contributed by atoms with van der Waals surface area (Å²) in [5.74, 6) is 0.726. The minimum absolute atomic E-state index is 0. The van der Waals surface area contributed by atoms with Gasteiger partial charge in [0, 0.05) is 32.2 Å². The van der Waals surface area contributed by atoms with Crippen LogP contribution in [0.2, 0.25) is 0 Å². The van der Waals surface area contributed by atoms with Gasteiger partial charge in [-0.2, -0.15) is 0 Å². The van der Waals surface area contributed by atoms with E-state index in [1.807, 2.05) is 13.0 Å². The maximum Gasteiger partial charge on any atom is 0.305 e. The standard InChI is InChI=1S/C16H23N3O2.HI/c1-3-21-15(20)9-6-11-18-16(17-2)19-12-10-13-7-4-5-8-14(13)19;/h4-5,7-8H,3,6,9-12H2,1-2H3,(H,17,18);1H. The van der Waals surface area contributed by atoms with Crippen LogP contribution in [0.1, 0.15) is 25.3 Å². The number of anilines is 1. The van der Waals surface area contributed by atoms with Crippen molar-refractivity contribution < 1.29 is 9.53 Å². The molecular formula is C16H24IN3O2. The van der Waals surface area contributed by atoms with Crippen molar-refractivity contribution in [3.8, 4) is 0 Å². The van der Waals surface area contributed by atoms with Crippen molar-refractivity contribution in [1.29, 1.82) is 0 Å². The molecule has 0 saturated carbocycles. The van der Waals surface area contributed by atoms with Gasteiger partial charge in [-0.15, -0.1) is 24.0 Å². The highest BCUT2D eigenvalue weighted by Gasteiger charge is 2.21. The first-order valence-electron chi connectivity index (χ1n) is 7.48. The number of para-hydroxylation sites is 1. The zero-order valence-corrected chi connectivity index (χ0v) is 15.5. The lowest BCUT2D eigenvalue weighted by atomic mass is 10.2. The fourth-order valence-corrected chi connectivity index (χ4v) is 2.52. The predicted octanol–water partition coefficient (Wildman–Crippen LogP) is 2.59. The first-order valence-corrected chi connectivity index (χ1v) is 7.48. The Hall–Kier alpha value is -1.31. The monoisotopic (exact) mass is 417 g/mol. The zero-order chi connectivity index (χ0) is 15.1. The van der Waals surface area contributed by atoms with Crippen LogP contribution in [0.4, 0.5) is 5.69 Å². The fourth-order valence-electron chi connectivity index (χ4n) is 2.52. The van der Waals surface area contributed by atoms with Crippen LogP contribution in [0.3, 0.4) is 0 Å². The van der Waals surface area contributed by atoms with Crippen LogP contribution in [-0.2, 0) is 16.0 Å². The van der Waals surface area contributed by atoms with E-state index in [1.165, 1.54) is 11.3 Å². The number of nitrogens with zero attached hydrogens (tertiary/aromatic N) is 2. The first-order chi connectivity index (χ1) is 10.3. The molecule has 0 radical (unpaired) electrons. The van der Waals surface area contributed by atoms with Crippen molar-refractivity contribution in [2.24, 2.45) is 4.99 Å². The molecule has 0 spiro atoms. The molecule has 0 aromatic heterocycles. The largest absolute Gasteiger partial charge is 0.466 e. The number of halogens is 1. The summed E-state index contributed by atoms with van der Waals surface area (Å²) in [5, 5.41) is 3.32. The highest BCUT2D eigenvalue weighted by Crippen LogP contribution is 2.27. The molecule has 1 aliphatic rings. The van der Waals surface area contributed by atoms with Gasteiger partial charge in [0.1, 0.15) is 0 Å². The second kappa shape index (κ2) is 9.66. The third kappa shape index (κ3) is 4.86. The Morgan fingerprint density at radius 3 is 2.91 bits per heavy atom. The second-order valence-electron chi connectivity index (χ2n) is 4.91. The number of benzene rings is 1. The lowest BCUT2D eigenvalue weighted by Gasteiger charge is -2.22. The Morgan fingerprint density at radius 1 is 1.41 bits per heavy atom. The van der Waals surface area contributed by atoms with E-state index in [1.54, 1.807) is 7.05 Å². The molecule has 0 fully saturated rings. The number of aliphatic imine (C=N–C) groups is 1. The van der Waals surface area contributed by atoms with Gasteiger partial charge in [0.05, 0.1) is 6.61 Å². The highest BCUT2D eigenvalue weighted by molar-refractivity contribution is 14.0. The van der Waals surface area contributed by atoms with E-state index in [0.29, 0.717) is 19.6 Å². The van der Waals surface area contributed by atoms with E-state index < -0.39 is 0 Å². The molecule has 1 aromatic rings. The average Bonchev–Trinajstić information content (AvgIpc) is 2.92. The van der Waals surface area contributed by atoms with Gasteiger partial charge in [0.25, 0.3) is 0 Å². The third-order valence-corrected chi connectivity index (χ3v) is 3.50.